The fraction of sp³-hybridized carbons (Fsp3) is 0.125. The highest BCUT2D eigenvalue weighted by Crippen LogP contribution is 2.32. The van der Waals surface area contributed by atoms with E-state index < -0.39 is 11.7 Å². The van der Waals surface area contributed by atoms with Crippen molar-refractivity contribution in [1.29, 1.82) is 0 Å². The van der Waals surface area contributed by atoms with E-state index in [4.69, 9.17) is 0 Å². The second-order valence-corrected chi connectivity index (χ2v) is 7.57. The van der Waals surface area contributed by atoms with Crippen LogP contribution in [0.5, 0.6) is 0 Å². The lowest BCUT2D eigenvalue weighted by molar-refractivity contribution is -0.137. The Hall–Kier alpha value is -3.78. The van der Waals surface area contributed by atoms with Gasteiger partial charge in [0.15, 0.2) is 11.6 Å². The molecule has 32 heavy (non-hydrogen) atoms. The average molecular weight is 435 g/mol. The van der Waals surface area contributed by atoms with Gasteiger partial charge in [0.05, 0.1) is 28.7 Å². The van der Waals surface area contributed by atoms with Crippen molar-refractivity contribution < 1.29 is 22.8 Å². The molecule has 0 aliphatic heterocycles. The Balaban J connectivity index is 1.37. The van der Waals surface area contributed by atoms with Crippen LogP contribution in [0.1, 0.15) is 48.8 Å². The fourth-order valence-electron chi connectivity index (χ4n) is 3.93. The molecule has 2 N–H and O–H groups in total. The molecule has 1 aliphatic rings. The van der Waals surface area contributed by atoms with Crippen LogP contribution in [0.4, 0.5) is 13.2 Å². The molecule has 4 aromatic rings. The van der Waals surface area contributed by atoms with Gasteiger partial charge in [0.1, 0.15) is 5.82 Å². The quantitative estimate of drug-likeness (QED) is 0.431. The predicted molar refractivity (Wildman–Crippen MR) is 111 cm³/mol. The normalized spacial score (nSPS) is 13.3. The zero-order chi connectivity index (χ0) is 22.5. The first kappa shape index (κ1) is 20.1. The van der Waals surface area contributed by atoms with Gasteiger partial charge in [-0.3, -0.25) is 9.59 Å². The number of hydrogen-bond acceptors (Lipinski definition) is 4. The number of fused-ring (bicyclic) bond motifs is 4. The van der Waals surface area contributed by atoms with E-state index in [1.165, 1.54) is 12.1 Å². The summed E-state index contributed by atoms with van der Waals surface area (Å²) in [4.78, 5) is 33.5. The summed E-state index contributed by atoms with van der Waals surface area (Å²) in [6, 6.07) is 15.0. The summed E-state index contributed by atoms with van der Waals surface area (Å²) < 4.78 is 38.0. The first-order valence-corrected chi connectivity index (χ1v) is 9.90. The number of halogens is 3. The molecule has 0 radical (unpaired) electrons. The Kier molecular flexibility index (Phi) is 4.67. The average Bonchev–Trinajstić information content (AvgIpc) is 3.20. The third kappa shape index (κ3) is 3.38. The van der Waals surface area contributed by atoms with Gasteiger partial charge in [-0.15, -0.1) is 0 Å². The third-order valence-electron chi connectivity index (χ3n) is 5.50. The Morgan fingerprint density at radius 1 is 0.812 bits per heavy atom. The standard InChI is InChI=1S/C24H16F3N3O2/c25-24(26,27)14-7-5-13(6-8-14)11-28-12-19-29-18-10-9-17-20(21(18)30-19)23(32)16-4-2-1-3-15(16)22(17)31/h1-10,28H,11-12H2,(H,29,30). The molecular weight excluding hydrogens is 419 g/mol. The van der Waals surface area contributed by atoms with E-state index >= 15 is 0 Å². The Morgan fingerprint density at radius 2 is 1.50 bits per heavy atom. The van der Waals surface area contributed by atoms with Crippen molar-refractivity contribution in [2.75, 3.05) is 0 Å². The molecular formula is C24H16F3N3O2. The van der Waals surface area contributed by atoms with E-state index in [2.05, 4.69) is 15.3 Å². The van der Waals surface area contributed by atoms with Crippen LogP contribution in [0.2, 0.25) is 0 Å². The molecule has 1 heterocycles. The monoisotopic (exact) mass is 435 g/mol. The molecule has 160 valence electrons. The van der Waals surface area contributed by atoms with Gasteiger partial charge in [-0.2, -0.15) is 13.2 Å². The van der Waals surface area contributed by atoms with Gasteiger partial charge in [-0.25, -0.2) is 4.98 Å². The van der Waals surface area contributed by atoms with Crippen molar-refractivity contribution in [2.24, 2.45) is 0 Å². The van der Waals surface area contributed by atoms with Crippen molar-refractivity contribution in [1.82, 2.24) is 15.3 Å². The Bertz CT molecular complexity index is 1370. The maximum atomic E-state index is 13.1. The molecule has 0 saturated heterocycles. The molecule has 0 amide bonds. The SMILES string of the molecule is O=C1c2ccccc2C(=O)c2c1ccc1nc(CNCc3ccc(C(F)(F)F)cc3)[nH]c21. The number of benzene rings is 3. The third-order valence-corrected chi connectivity index (χ3v) is 5.50. The van der Waals surface area contributed by atoms with Gasteiger partial charge >= 0.3 is 6.18 Å². The van der Waals surface area contributed by atoms with Crippen molar-refractivity contribution in [3.05, 3.63) is 99.9 Å². The highest BCUT2D eigenvalue weighted by atomic mass is 19.4. The van der Waals surface area contributed by atoms with E-state index in [1.54, 1.807) is 36.4 Å². The lowest BCUT2D eigenvalue weighted by Gasteiger charge is -2.17. The lowest BCUT2D eigenvalue weighted by atomic mass is 9.83. The van der Waals surface area contributed by atoms with Crippen molar-refractivity contribution >= 4 is 22.6 Å². The summed E-state index contributed by atoms with van der Waals surface area (Å²) in [5, 5.41) is 3.13. The molecule has 0 spiro atoms. The first-order chi connectivity index (χ1) is 15.3. The van der Waals surface area contributed by atoms with Gasteiger partial charge in [-0.1, -0.05) is 36.4 Å². The van der Waals surface area contributed by atoms with Gasteiger partial charge in [-0.05, 0) is 29.8 Å². The number of ketones is 2. The highest BCUT2D eigenvalue weighted by molar-refractivity contribution is 6.31. The fourth-order valence-corrected chi connectivity index (χ4v) is 3.93. The van der Waals surface area contributed by atoms with Crippen LogP contribution >= 0.6 is 0 Å². The number of alkyl halides is 3. The number of aromatic amines is 1. The lowest BCUT2D eigenvalue weighted by Crippen LogP contribution is -2.21. The minimum absolute atomic E-state index is 0.200. The molecule has 5 nitrogen and oxygen atoms in total. The van der Waals surface area contributed by atoms with Crippen LogP contribution in [0, 0.1) is 0 Å². The van der Waals surface area contributed by atoms with Crippen molar-refractivity contribution in [3.63, 3.8) is 0 Å². The number of rotatable bonds is 4. The van der Waals surface area contributed by atoms with Gasteiger partial charge in [0, 0.05) is 23.2 Å². The minimum atomic E-state index is -4.36. The molecule has 0 bridgehead atoms. The van der Waals surface area contributed by atoms with E-state index in [-0.39, 0.29) is 11.6 Å². The van der Waals surface area contributed by atoms with Crippen LogP contribution < -0.4 is 5.32 Å². The Morgan fingerprint density at radius 3 is 2.19 bits per heavy atom. The maximum Gasteiger partial charge on any atom is 0.416 e. The molecule has 1 aliphatic carbocycles. The van der Waals surface area contributed by atoms with Crippen molar-refractivity contribution in [2.45, 2.75) is 19.3 Å². The topological polar surface area (TPSA) is 74.8 Å². The van der Waals surface area contributed by atoms with Gasteiger partial charge < -0.3 is 10.3 Å². The van der Waals surface area contributed by atoms with Gasteiger partial charge in [0.2, 0.25) is 0 Å². The number of nitrogens with one attached hydrogen (secondary N) is 2. The largest absolute Gasteiger partial charge is 0.416 e. The summed E-state index contributed by atoms with van der Waals surface area (Å²) >= 11 is 0. The Labute approximate surface area is 180 Å². The van der Waals surface area contributed by atoms with E-state index in [0.717, 1.165) is 12.1 Å². The number of carbonyl (C=O) groups excluding carboxylic acids is 2. The predicted octanol–water partition coefficient (Wildman–Crippen LogP) is 4.65. The smallest absolute Gasteiger partial charge is 0.340 e. The summed E-state index contributed by atoms with van der Waals surface area (Å²) in [5.74, 6) is 0.127. The number of aromatic nitrogens is 2. The summed E-state index contributed by atoms with van der Waals surface area (Å²) in [5.41, 5.74) is 2.49. The van der Waals surface area contributed by atoms with Crippen LogP contribution in [0.3, 0.4) is 0 Å². The second kappa shape index (κ2) is 7.42. The minimum Gasteiger partial charge on any atom is -0.340 e. The zero-order valence-electron chi connectivity index (χ0n) is 16.6. The summed E-state index contributed by atoms with van der Waals surface area (Å²) in [7, 11) is 0. The van der Waals surface area contributed by atoms with Crippen molar-refractivity contribution in [3.8, 4) is 0 Å². The molecule has 8 heteroatoms. The first-order valence-electron chi connectivity index (χ1n) is 9.90. The van der Waals surface area contributed by atoms with Gasteiger partial charge in [0.25, 0.3) is 0 Å². The zero-order valence-corrected chi connectivity index (χ0v) is 16.6. The van der Waals surface area contributed by atoms with Crippen LogP contribution in [-0.4, -0.2) is 21.5 Å². The summed E-state index contributed by atoms with van der Waals surface area (Å²) in [6.45, 7) is 0.654. The number of imidazole rings is 1. The van der Waals surface area contributed by atoms with E-state index in [0.29, 0.717) is 57.8 Å². The number of hydrogen-bond donors (Lipinski definition) is 2. The molecule has 5 rings (SSSR count). The second-order valence-electron chi connectivity index (χ2n) is 7.57. The van der Waals surface area contributed by atoms with E-state index in [9.17, 15) is 22.8 Å². The van der Waals surface area contributed by atoms with E-state index in [1.807, 2.05) is 0 Å². The van der Waals surface area contributed by atoms with Crippen LogP contribution in [0.15, 0.2) is 60.7 Å². The highest BCUT2D eigenvalue weighted by Gasteiger charge is 2.32. The molecule has 1 aromatic heterocycles. The number of nitrogens with zero attached hydrogens (tertiary/aromatic N) is 1. The molecule has 0 fully saturated rings. The molecule has 0 unspecified atom stereocenters. The molecule has 3 aromatic carbocycles. The number of H-pyrrole nitrogens is 1. The molecule has 0 saturated carbocycles. The molecule has 0 atom stereocenters. The van der Waals surface area contributed by atoms with Crippen LogP contribution in [-0.2, 0) is 19.3 Å². The number of carbonyl (C=O) groups is 2. The summed E-state index contributed by atoms with van der Waals surface area (Å²) in [6.07, 6.45) is -4.36. The maximum absolute atomic E-state index is 13.1. The van der Waals surface area contributed by atoms with Crippen LogP contribution in [0.25, 0.3) is 11.0 Å².